The molecule has 2 amide bonds. The summed E-state index contributed by atoms with van der Waals surface area (Å²) in [5.74, 6) is -0.150. The molecule has 0 aromatic rings. The molecule has 0 fully saturated rings. The van der Waals surface area contributed by atoms with Crippen LogP contribution < -0.4 is 5.32 Å². The van der Waals surface area contributed by atoms with Crippen molar-refractivity contribution < 1.29 is 9.59 Å². The van der Waals surface area contributed by atoms with Gasteiger partial charge in [-0.1, -0.05) is 26.3 Å². The zero-order valence-corrected chi connectivity index (χ0v) is 14.8. The van der Waals surface area contributed by atoms with Crippen LogP contribution in [0.15, 0.2) is 12.2 Å². The van der Waals surface area contributed by atoms with E-state index in [1.54, 1.807) is 14.0 Å². The fourth-order valence-corrected chi connectivity index (χ4v) is 1.68. The van der Waals surface area contributed by atoms with E-state index in [4.69, 9.17) is 0 Å². The molecule has 0 rings (SSSR count). The third-order valence-corrected chi connectivity index (χ3v) is 2.87. The van der Waals surface area contributed by atoms with E-state index in [9.17, 15) is 9.59 Å². The SMILES string of the molecule is C=C(C)CC(C(=O)NCCN(C)C)N(C)C(=O)CC.CC. The molecule has 0 aliphatic carbocycles. The number of carbonyl (C=O) groups excluding carboxylic acids is 2. The van der Waals surface area contributed by atoms with Crippen LogP contribution in [0.25, 0.3) is 0 Å². The molecule has 5 nitrogen and oxygen atoms in total. The first-order valence-corrected chi connectivity index (χ1v) is 7.62. The van der Waals surface area contributed by atoms with Gasteiger partial charge in [0.1, 0.15) is 6.04 Å². The normalized spacial score (nSPS) is 11.2. The molecule has 0 aliphatic heterocycles. The molecule has 0 aromatic carbocycles. The van der Waals surface area contributed by atoms with E-state index in [2.05, 4.69) is 11.9 Å². The molecule has 1 N–H and O–H groups in total. The first-order valence-electron chi connectivity index (χ1n) is 7.62. The van der Waals surface area contributed by atoms with E-state index < -0.39 is 6.04 Å². The van der Waals surface area contributed by atoms with Gasteiger partial charge in [-0.25, -0.2) is 0 Å². The molecule has 124 valence electrons. The zero-order chi connectivity index (χ0) is 17.0. The van der Waals surface area contributed by atoms with Gasteiger partial charge in [0.15, 0.2) is 0 Å². The van der Waals surface area contributed by atoms with Crippen molar-refractivity contribution in [2.24, 2.45) is 0 Å². The Morgan fingerprint density at radius 2 is 1.71 bits per heavy atom. The fourth-order valence-electron chi connectivity index (χ4n) is 1.68. The summed E-state index contributed by atoms with van der Waals surface area (Å²) in [6.07, 6.45) is 0.893. The van der Waals surface area contributed by atoms with Gasteiger partial charge >= 0.3 is 0 Å². The Balaban J connectivity index is 0. The molecule has 0 bridgehead atoms. The van der Waals surface area contributed by atoms with Crippen LogP contribution in [0.1, 0.15) is 40.5 Å². The summed E-state index contributed by atoms with van der Waals surface area (Å²) < 4.78 is 0. The topological polar surface area (TPSA) is 52.7 Å². The molecular formula is C16H33N3O2. The molecule has 0 saturated heterocycles. The predicted molar refractivity (Wildman–Crippen MR) is 89.2 cm³/mol. The molecule has 1 unspecified atom stereocenters. The van der Waals surface area contributed by atoms with Crippen LogP contribution in [0.4, 0.5) is 0 Å². The first-order chi connectivity index (χ1) is 9.79. The van der Waals surface area contributed by atoms with Crippen molar-refractivity contribution in [1.82, 2.24) is 15.1 Å². The minimum Gasteiger partial charge on any atom is -0.353 e. The minimum atomic E-state index is -0.466. The highest BCUT2D eigenvalue weighted by molar-refractivity contribution is 5.87. The lowest BCUT2D eigenvalue weighted by atomic mass is 10.1. The van der Waals surface area contributed by atoms with Gasteiger partial charge in [0.05, 0.1) is 0 Å². The molecule has 0 spiro atoms. The van der Waals surface area contributed by atoms with Gasteiger partial charge in [-0.2, -0.15) is 0 Å². The van der Waals surface area contributed by atoms with Gasteiger partial charge in [-0.05, 0) is 27.4 Å². The van der Waals surface area contributed by atoms with Crippen molar-refractivity contribution in [2.75, 3.05) is 34.2 Å². The van der Waals surface area contributed by atoms with Gasteiger partial charge in [0, 0.05) is 26.6 Å². The van der Waals surface area contributed by atoms with Crippen LogP contribution in [-0.4, -0.2) is 61.9 Å². The Kier molecular flexibility index (Phi) is 12.9. The summed E-state index contributed by atoms with van der Waals surface area (Å²) in [6.45, 7) is 12.8. The highest BCUT2D eigenvalue weighted by Gasteiger charge is 2.25. The van der Waals surface area contributed by atoms with E-state index in [1.165, 1.54) is 4.90 Å². The van der Waals surface area contributed by atoms with Crippen LogP contribution in [0.5, 0.6) is 0 Å². The Morgan fingerprint density at radius 3 is 2.10 bits per heavy atom. The highest BCUT2D eigenvalue weighted by Crippen LogP contribution is 2.10. The third kappa shape index (κ3) is 10.1. The van der Waals surface area contributed by atoms with Gasteiger partial charge < -0.3 is 15.1 Å². The highest BCUT2D eigenvalue weighted by atomic mass is 16.2. The standard InChI is InChI=1S/C14H27N3O2.C2H6/c1-7-13(18)17(6)12(10-11(2)3)14(19)15-8-9-16(4)5;1-2/h12H,2,7-10H2,1,3-6H3,(H,15,19);1-2H3. The Hall–Kier alpha value is -1.36. The third-order valence-electron chi connectivity index (χ3n) is 2.87. The lowest BCUT2D eigenvalue weighted by Crippen LogP contribution is -2.48. The summed E-state index contributed by atoms with van der Waals surface area (Å²) in [7, 11) is 5.57. The van der Waals surface area contributed by atoms with E-state index in [0.717, 1.165) is 12.1 Å². The Bertz CT molecular complexity index is 327. The van der Waals surface area contributed by atoms with Gasteiger partial charge in [-0.15, -0.1) is 6.58 Å². The molecule has 0 aromatic heterocycles. The molecule has 0 aliphatic rings. The number of likely N-dealkylation sites (N-methyl/N-ethyl adjacent to an activating group) is 2. The van der Waals surface area contributed by atoms with Crippen molar-refractivity contribution in [3.63, 3.8) is 0 Å². The minimum absolute atomic E-state index is 0.0333. The fraction of sp³-hybridized carbons (Fsp3) is 0.750. The van der Waals surface area contributed by atoms with Crippen molar-refractivity contribution >= 4 is 11.8 Å². The number of rotatable bonds is 8. The Morgan fingerprint density at radius 1 is 1.19 bits per heavy atom. The average Bonchev–Trinajstić information content (AvgIpc) is 2.44. The van der Waals surface area contributed by atoms with E-state index in [1.807, 2.05) is 39.8 Å². The van der Waals surface area contributed by atoms with Crippen LogP contribution in [0, 0.1) is 0 Å². The van der Waals surface area contributed by atoms with Gasteiger partial charge in [-0.3, -0.25) is 9.59 Å². The summed E-state index contributed by atoms with van der Waals surface area (Å²) in [5.41, 5.74) is 0.892. The van der Waals surface area contributed by atoms with Crippen LogP contribution >= 0.6 is 0 Å². The molecular weight excluding hydrogens is 266 g/mol. The summed E-state index contributed by atoms with van der Waals surface area (Å²) in [5, 5.41) is 2.86. The van der Waals surface area contributed by atoms with Crippen molar-refractivity contribution in [3.8, 4) is 0 Å². The quantitative estimate of drug-likeness (QED) is 0.696. The van der Waals surface area contributed by atoms with Gasteiger partial charge in [0.2, 0.25) is 11.8 Å². The molecule has 0 saturated carbocycles. The van der Waals surface area contributed by atoms with Crippen molar-refractivity contribution in [1.29, 1.82) is 0 Å². The maximum Gasteiger partial charge on any atom is 0.243 e. The second-order valence-electron chi connectivity index (χ2n) is 5.13. The van der Waals surface area contributed by atoms with Crippen LogP contribution in [-0.2, 0) is 9.59 Å². The molecule has 0 heterocycles. The summed E-state index contributed by atoms with van der Waals surface area (Å²) in [4.78, 5) is 27.4. The maximum absolute atomic E-state index is 12.2. The average molecular weight is 299 g/mol. The maximum atomic E-state index is 12.2. The number of amides is 2. The smallest absolute Gasteiger partial charge is 0.243 e. The largest absolute Gasteiger partial charge is 0.353 e. The zero-order valence-electron chi connectivity index (χ0n) is 14.8. The monoisotopic (exact) mass is 299 g/mol. The number of hydrogen-bond donors (Lipinski definition) is 1. The Labute approximate surface area is 130 Å². The molecule has 21 heavy (non-hydrogen) atoms. The predicted octanol–water partition coefficient (Wildman–Crippen LogP) is 1.89. The lowest BCUT2D eigenvalue weighted by molar-refractivity contribution is -0.138. The second kappa shape index (κ2) is 12.4. The van der Waals surface area contributed by atoms with E-state index >= 15 is 0 Å². The first kappa shape index (κ1) is 21.9. The van der Waals surface area contributed by atoms with Crippen molar-refractivity contribution in [3.05, 3.63) is 12.2 Å². The summed E-state index contributed by atoms with van der Waals surface area (Å²) in [6, 6.07) is -0.466. The molecule has 1 atom stereocenters. The lowest BCUT2D eigenvalue weighted by Gasteiger charge is -2.27. The number of carbonyl (C=O) groups is 2. The molecule has 0 radical (unpaired) electrons. The number of hydrogen-bond acceptors (Lipinski definition) is 3. The number of nitrogens with one attached hydrogen (secondary N) is 1. The van der Waals surface area contributed by atoms with Crippen LogP contribution in [0.3, 0.4) is 0 Å². The second-order valence-corrected chi connectivity index (χ2v) is 5.13. The number of nitrogens with zero attached hydrogens (tertiary/aromatic N) is 2. The van der Waals surface area contributed by atoms with Crippen LogP contribution in [0.2, 0.25) is 0 Å². The van der Waals surface area contributed by atoms with E-state index in [-0.39, 0.29) is 11.8 Å². The molecule has 5 heteroatoms. The summed E-state index contributed by atoms with van der Waals surface area (Å²) >= 11 is 0. The van der Waals surface area contributed by atoms with Gasteiger partial charge in [0.25, 0.3) is 0 Å². The van der Waals surface area contributed by atoms with E-state index in [0.29, 0.717) is 19.4 Å². The van der Waals surface area contributed by atoms with Crippen molar-refractivity contribution in [2.45, 2.75) is 46.6 Å².